The minimum Gasteiger partial charge on any atom is -0.383 e. The predicted molar refractivity (Wildman–Crippen MR) is 84.5 cm³/mol. The third-order valence-electron chi connectivity index (χ3n) is 3.04. The third-order valence-corrected chi connectivity index (χ3v) is 3.04. The van der Waals surface area contributed by atoms with Gasteiger partial charge in [0.1, 0.15) is 5.69 Å². The molecule has 0 aliphatic carbocycles. The number of benzene rings is 1. The van der Waals surface area contributed by atoms with E-state index in [0.29, 0.717) is 11.3 Å². The van der Waals surface area contributed by atoms with Crippen LogP contribution in [-0.4, -0.2) is 22.4 Å². The maximum atomic E-state index is 12.2. The number of unbranched alkanes of at least 4 members (excludes halogenated alkanes) is 1. The van der Waals surface area contributed by atoms with Crippen molar-refractivity contribution in [3.8, 4) is 6.07 Å². The topological polar surface area (TPSA) is 90.7 Å². The Morgan fingerprint density at radius 3 is 2.86 bits per heavy atom. The van der Waals surface area contributed by atoms with E-state index in [9.17, 15) is 4.79 Å². The van der Waals surface area contributed by atoms with Gasteiger partial charge in [0.25, 0.3) is 5.91 Å². The molecular weight excluding hydrogens is 278 g/mol. The van der Waals surface area contributed by atoms with Gasteiger partial charge in [0.15, 0.2) is 0 Å². The van der Waals surface area contributed by atoms with Crippen LogP contribution in [0, 0.1) is 11.3 Å². The number of nitrogens with one attached hydrogen (secondary N) is 2. The van der Waals surface area contributed by atoms with Crippen molar-refractivity contribution < 1.29 is 4.79 Å². The van der Waals surface area contributed by atoms with E-state index in [-0.39, 0.29) is 11.6 Å². The van der Waals surface area contributed by atoms with E-state index >= 15 is 0 Å². The lowest BCUT2D eigenvalue weighted by molar-refractivity contribution is 0.102. The fourth-order valence-electron chi connectivity index (χ4n) is 1.87. The lowest BCUT2D eigenvalue weighted by atomic mass is 10.1. The Labute approximate surface area is 129 Å². The highest BCUT2D eigenvalue weighted by molar-refractivity contribution is 6.04. The minimum absolute atomic E-state index is 0.226. The van der Waals surface area contributed by atoms with Crippen LogP contribution in [-0.2, 0) is 0 Å². The molecule has 0 aliphatic rings. The molecule has 0 atom stereocenters. The summed E-state index contributed by atoms with van der Waals surface area (Å²) in [6.45, 7) is 2.91. The Kier molecular flexibility index (Phi) is 5.44. The first kappa shape index (κ1) is 15.4. The summed E-state index contributed by atoms with van der Waals surface area (Å²) >= 11 is 0. The normalized spacial score (nSPS) is 9.82. The summed E-state index contributed by atoms with van der Waals surface area (Å²) in [5.41, 5.74) is 2.05. The van der Waals surface area contributed by atoms with Gasteiger partial charge in [-0.3, -0.25) is 9.78 Å². The Balaban J connectivity index is 2.20. The van der Waals surface area contributed by atoms with Gasteiger partial charge in [0.2, 0.25) is 0 Å². The number of rotatable bonds is 6. The summed E-state index contributed by atoms with van der Waals surface area (Å²) in [5.74, 6) is -0.360. The summed E-state index contributed by atoms with van der Waals surface area (Å²) in [6.07, 6.45) is 6.46. The van der Waals surface area contributed by atoms with Crippen molar-refractivity contribution in [2.75, 3.05) is 17.2 Å². The van der Waals surface area contributed by atoms with Crippen LogP contribution in [0.4, 0.5) is 11.4 Å². The first-order valence-corrected chi connectivity index (χ1v) is 7.10. The number of carbonyl (C=O) groups excluding carboxylic acids is 1. The van der Waals surface area contributed by atoms with Crippen LogP contribution in [0.2, 0.25) is 0 Å². The highest BCUT2D eigenvalue weighted by Crippen LogP contribution is 2.23. The Hall–Kier alpha value is -2.94. The van der Waals surface area contributed by atoms with Crippen LogP contribution < -0.4 is 10.6 Å². The van der Waals surface area contributed by atoms with Crippen molar-refractivity contribution in [3.05, 3.63) is 48.0 Å². The first-order chi connectivity index (χ1) is 10.7. The monoisotopic (exact) mass is 295 g/mol. The zero-order valence-corrected chi connectivity index (χ0v) is 12.3. The van der Waals surface area contributed by atoms with Crippen molar-refractivity contribution in [1.29, 1.82) is 5.26 Å². The first-order valence-electron chi connectivity index (χ1n) is 7.10. The van der Waals surface area contributed by atoms with E-state index in [4.69, 9.17) is 5.26 Å². The van der Waals surface area contributed by atoms with E-state index in [1.54, 1.807) is 18.2 Å². The van der Waals surface area contributed by atoms with E-state index < -0.39 is 0 Å². The molecule has 0 aliphatic heterocycles. The van der Waals surface area contributed by atoms with Gasteiger partial charge in [-0.05, 0) is 24.6 Å². The van der Waals surface area contributed by atoms with Gasteiger partial charge in [0.05, 0.1) is 29.2 Å². The molecular formula is C16H17N5O. The molecule has 1 aromatic heterocycles. The van der Waals surface area contributed by atoms with Gasteiger partial charge in [0, 0.05) is 18.9 Å². The molecule has 0 saturated heterocycles. The fraction of sp³-hybridized carbons (Fsp3) is 0.250. The van der Waals surface area contributed by atoms with Gasteiger partial charge in [-0.15, -0.1) is 0 Å². The molecule has 1 heterocycles. The number of anilines is 2. The summed E-state index contributed by atoms with van der Waals surface area (Å²) in [4.78, 5) is 20.0. The molecule has 1 amide bonds. The van der Waals surface area contributed by atoms with Gasteiger partial charge in [-0.1, -0.05) is 13.3 Å². The van der Waals surface area contributed by atoms with Gasteiger partial charge < -0.3 is 10.6 Å². The molecule has 2 N–H and O–H groups in total. The molecule has 112 valence electrons. The molecule has 6 nitrogen and oxygen atoms in total. The molecule has 0 fully saturated rings. The van der Waals surface area contributed by atoms with Crippen molar-refractivity contribution in [2.45, 2.75) is 19.8 Å². The van der Waals surface area contributed by atoms with E-state index in [1.165, 1.54) is 18.6 Å². The van der Waals surface area contributed by atoms with Crippen LogP contribution in [0.5, 0.6) is 0 Å². The smallest absolute Gasteiger partial charge is 0.275 e. The molecule has 22 heavy (non-hydrogen) atoms. The highest BCUT2D eigenvalue weighted by Gasteiger charge is 2.11. The zero-order valence-electron chi connectivity index (χ0n) is 12.3. The third kappa shape index (κ3) is 4.03. The number of nitriles is 1. The van der Waals surface area contributed by atoms with Crippen molar-refractivity contribution in [2.24, 2.45) is 0 Å². The van der Waals surface area contributed by atoms with Crippen LogP contribution in [0.3, 0.4) is 0 Å². The number of amides is 1. The van der Waals surface area contributed by atoms with E-state index in [0.717, 1.165) is 25.1 Å². The molecule has 0 spiro atoms. The van der Waals surface area contributed by atoms with E-state index in [2.05, 4.69) is 33.6 Å². The van der Waals surface area contributed by atoms with Crippen molar-refractivity contribution in [1.82, 2.24) is 9.97 Å². The molecule has 2 aromatic rings. The average Bonchev–Trinajstić information content (AvgIpc) is 2.57. The number of hydrogen-bond donors (Lipinski definition) is 2. The summed E-state index contributed by atoms with van der Waals surface area (Å²) < 4.78 is 0. The van der Waals surface area contributed by atoms with Gasteiger partial charge in [-0.2, -0.15) is 5.26 Å². The average molecular weight is 295 g/mol. The van der Waals surface area contributed by atoms with Crippen molar-refractivity contribution >= 4 is 17.3 Å². The summed E-state index contributed by atoms with van der Waals surface area (Å²) in [5, 5.41) is 15.0. The zero-order chi connectivity index (χ0) is 15.8. The van der Waals surface area contributed by atoms with Crippen LogP contribution >= 0.6 is 0 Å². The van der Waals surface area contributed by atoms with Crippen LogP contribution in [0.1, 0.15) is 35.8 Å². The predicted octanol–water partition coefficient (Wildman–Crippen LogP) is 2.81. The number of aromatic nitrogens is 2. The Morgan fingerprint density at radius 2 is 2.18 bits per heavy atom. The molecule has 0 unspecified atom stereocenters. The Morgan fingerprint density at radius 1 is 1.32 bits per heavy atom. The van der Waals surface area contributed by atoms with Crippen LogP contribution in [0.15, 0.2) is 36.8 Å². The lowest BCUT2D eigenvalue weighted by Crippen LogP contribution is -2.15. The number of nitrogens with zero attached hydrogens (tertiary/aromatic N) is 3. The lowest BCUT2D eigenvalue weighted by Gasteiger charge is -2.13. The maximum absolute atomic E-state index is 12.2. The molecule has 0 bridgehead atoms. The molecule has 0 radical (unpaired) electrons. The second-order valence-electron chi connectivity index (χ2n) is 4.70. The number of hydrogen-bond acceptors (Lipinski definition) is 5. The molecule has 1 aromatic carbocycles. The quantitative estimate of drug-likeness (QED) is 0.800. The SMILES string of the molecule is CCCCNc1ccc(C#N)cc1NC(=O)c1cnccn1. The Bertz CT molecular complexity index is 679. The number of carbonyl (C=O) groups is 1. The summed E-state index contributed by atoms with van der Waals surface area (Å²) in [6, 6.07) is 7.22. The van der Waals surface area contributed by atoms with Crippen molar-refractivity contribution in [3.63, 3.8) is 0 Å². The molecule has 6 heteroatoms. The van der Waals surface area contributed by atoms with Crippen LogP contribution in [0.25, 0.3) is 0 Å². The largest absolute Gasteiger partial charge is 0.383 e. The second kappa shape index (κ2) is 7.74. The molecule has 0 saturated carbocycles. The van der Waals surface area contributed by atoms with E-state index in [1.807, 2.05) is 0 Å². The summed E-state index contributed by atoms with van der Waals surface area (Å²) in [7, 11) is 0. The maximum Gasteiger partial charge on any atom is 0.275 e. The standard InChI is InChI=1S/C16H17N5O/c1-2-3-6-19-13-5-4-12(10-17)9-14(13)21-16(22)15-11-18-7-8-20-15/h4-5,7-9,11,19H,2-3,6H2,1H3,(H,21,22). The minimum atomic E-state index is -0.360. The molecule has 2 rings (SSSR count). The van der Waals surface area contributed by atoms with Gasteiger partial charge >= 0.3 is 0 Å². The second-order valence-corrected chi connectivity index (χ2v) is 4.70. The highest BCUT2D eigenvalue weighted by atomic mass is 16.1. The van der Waals surface area contributed by atoms with Gasteiger partial charge in [-0.25, -0.2) is 4.98 Å². The fourth-order valence-corrected chi connectivity index (χ4v) is 1.87.